The molecule has 0 spiro atoms. The van der Waals surface area contributed by atoms with E-state index in [4.69, 9.17) is 4.74 Å². The fraction of sp³-hybridized carbons (Fsp3) is 0.130. The van der Waals surface area contributed by atoms with Gasteiger partial charge in [-0.3, -0.25) is 9.59 Å². The summed E-state index contributed by atoms with van der Waals surface area (Å²) >= 11 is 0. The minimum absolute atomic E-state index is 0.0115. The standard InChI is InChI=1S/C23H21FN2O3/c1-17(27)26(15-18-9-5-6-12-20(18)24)16-23(28)25-21-13-7-8-14-22(21)29-19-10-3-2-4-11-19/h2-14H,15-16H2,1H3,(H,25,28). The Morgan fingerprint density at radius 3 is 2.31 bits per heavy atom. The van der Waals surface area contributed by atoms with Gasteiger partial charge in [0, 0.05) is 19.0 Å². The number of amides is 2. The van der Waals surface area contributed by atoms with Gasteiger partial charge in [0.15, 0.2) is 5.75 Å². The fourth-order valence-corrected chi connectivity index (χ4v) is 2.75. The van der Waals surface area contributed by atoms with E-state index >= 15 is 0 Å². The van der Waals surface area contributed by atoms with Gasteiger partial charge < -0.3 is 15.0 Å². The topological polar surface area (TPSA) is 58.6 Å². The van der Waals surface area contributed by atoms with Crippen molar-refractivity contribution >= 4 is 17.5 Å². The molecule has 0 aliphatic heterocycles. The maximum absolute atomic E-state index is 13.9. The first-order valence-electron chi connectivity index (χ1n) is 9.13. The molecule has 0 atom stereocenters. The number of rotatable bonds is 7. The number of anilines is 1. The van der Waals surface area contributed by atoms with Gasteiger partial charge in [0.1, 0.15) is 18.1 Å². The van der Waals surface area contributed by atoms with Crippen LogP contribution >= 0.6 is 0 Å². The second kappa shape index (κ2) is 9.50. The lowest BCUT2D eigenvalue weighted by Gasteiger charge is -2.21. The molecule has 0 aliphatic carbocycles. The molecule has 3 rings (SSSR count). The molecule has 0 fully saturated rings. The fourth-order valence-electron chi connectivity index (χ4n) is 2.75. The Bertz CT molecular complexity index is 992. The summed E-state index contributed by atoms with van der Waals surface area (Å²) < 4.78 is 19.7. The molecular formula is C23H21FN2O3. The normalized spacial score (nSPS) is 10.3. The second-order valence-corrected chi connectivity index (χ2v) is 6.43. The van der Waals surface area contributed by atoms with Crippen molar-refractivity contribution in [1.29, 1.82) is 0 Å². The van der Waals surface area contributed by atoms with Crippen molar-refractivity contribution in [1.82, 2.24) is 4.90 Å². The predicted molar refractivity (Wildman–Crippen MR) is 109 cm³/mol. The van der Waals surface area contributed by atoms with Gasteiger partial charge >= 0.3 is 0 Å². The van der Waals surface area contributed by atoms with Crippen LogP contribution in [0, 0.1) is 5.82 Å². The van der Waals surface area contributed by atoms with Crippen LogP contribution in [-0.4, -0.2) is 23.3 Å². The summed E-state index contributed by atoms with van der Waals surface area (Å²) in [4.78, 5) is 25.8. The monoisotopic (exact) mass is 392 g/mol. The van der Waals surface area contributed by atoms with Gasteiger partial charge in [0.25, 0.3) is 0 Å². The van der Waals surface area contributed by atoms with Crippen molar-refractivity contribution in [2.45, 2.75) is 13.5 Å². The van der Waals surface area contributed by atoms with Crippen LogP contribution in [0.4, 0.5) is 10.1 Å². The van der Waals surface area contributed by atoms with Crippen LogP contribution < -0.4 is 10.1 Å². The Morgan fingerprint density at radius 2 is 1.59 bits per heavy atom. The minimum Gasteiger partial charge on any atom is -0.455 e. The SMILES string of the molecule is CC(=O)N(CC(=O)Nc1ccccc1Oc1ccccc1)Cc1ccccc1F. The van der Waals surface area contributed by atoms with Crippen molar-refractivity contribution in [2.24, 2.45) is 0 Å². The van der Waals surface area contributed by atoms with Crippen molar-refractivity contribution in [3.8, 4) is 11.5 Å². The Labute approximate surface area is 168 Å². The number of carbonyl (C=O) groups excluding carboxylic acids is 2. The number of nitrogens with one attached hydrogen (secondary N) is 1. The molecular weight excluding hydrogens is 371 g/mol. The molecule has 148 valence electrons. The maximum Gasteiger partial charge on any atom is 0.244 e. The lowest BCUT2D eigenvalue weighted by atomic mass is 10.2. The Hall–Kier alpha value is -3.67. The molecule has 0 saturated heterocycles. The third kappa shape index (κ3) is 5.65. The summed E-state index contributed by atoms with van der Waals surface area (Å²) in [6.07, 6.45) is 0. The zero-order chi connectivity index (χ0) is 20.6. The molecule has 3 aromatic carbocycles. The van der Waals surface area contributed by atoms with Gasteiger partial charge in [-0.15, -0.1) is 0 Å². The third-order valence-corrected chi connectivity index (χ3v) is 4.23. The molecule has 0 heterocycles. The number of ether oxygens (including phenoxy) is 1. The highest BCUT2D eigenvalue weighted by Crippen LogP contribution is 2.29. The van der Waals surface area contributed by atoms with E-state index in [0.29, 0.717) is 22.7 Å². The van der Waals surface area contributed by atoms with E-state index in [-0.39, 0.29) is 19.0 Å². The largest absolute Gasteiger partial charge is 0.455 e. The first-order chi connectivity index (χ1) is 14.0. The molecule has 2 amide bonds. The molecule has 3 aromatic rings. The molecule has 0 aliphatic rings. The van der Waals surface area contributed by atoms with Crippen molar-refractivity contribution in [3.63, 3.8) is 0 Å². The zero-order valence-corrected chi connectivity index (χ0v) is 16.0. The van der Waals surface area contributed by atoms with E-state index in [1.807, 2.05) is 30.3 Å². The summed E-state index contributed by atoms with van der Waals surface area (Å²) in [6, 6.07) is 22.4. The van der Waals surface area contributed by atoms with E-state index in [0.717, 1.165) is 0 Å². The summed E-state index contributed by atoms with van der Waals surface area (Å²) in [5.41, 5.74) is 0.832. The van der Waals surface area contributed by atoms with Gasteiger partial charge in [-0.1, -0.05) is 48.5 Å². The summed E-state index contributed by atoms with van der Waals surface area (Å²) in [7, 11) is 0. The zero-order valence-electron chi connectivity index (χ0n) is 16.0. The van der Waals surface area contributed by atoms with Gasteiger partial charge in [-0.2, -0.15) is 0 Å². The van der Waals surface area contributed by atoms with Crippen molar-refractivity contribution in [3.05, 3.63) is 90.2 Å². The predicted octanol–water partition coefficient (Wildman–Crippen LogP) is 4.61. The van der Waals surface area contributed by atoms with Crippen LogP contribution in [0.3, 0.4) is 0 Å². The lowest BCUT2D eigenvalue weighted by molar-refractivity contribution is -0.133. The highest BCUT2D eigenvalue weighted by atomic mass is 19.1. The van der Waals surface area contributed by atoms with Crippen LogP contribution in [0.15, 0.2) is 78.9 Å². The molecule has 1 N–H and O–H groups in total. The van der Waals surface area contributed by atoms with Crippen molar-refractivity contribution in [2.75, 3.05) is 11.9 Å². The number of benzene rings is 3. The molecule has 0 bridgehead atoms. The maximum atomic E-state index is 13.9. The third-order valence-electron chi connectivity index (χ3n) is 4.23. The molecule has 0 radical (unpaired) electrons. The summed E-state index contributed by atoms with van der Waals surface area (Å²) in [5, 5.41) is 2.76. The molecule has 0 saturated carbocycles. The molecule has 6 heteroatoms. The number of halogens is 1. The van der Waals surface area contributed by atoms with E-state index in [9.17, 15) is 14.0 Å². The number of hydrogen-bond donors (Lipinski definition) is 1. The molecule has 29 heavy (non-hydrogen) atoms. The number of para-hydroxylation sites is 3. The first kappa shape index (κ1) is 20.1. The Morgan fingerprint density at radius 1 is 0.931 bits per heavy atom. The summed E-state index contributed by atoms with van der Waals surface area (Å²) in [6.45, 7) is 1.15. The van der Waals surface area contributed by atoms with Crippen LogP contribution in [0.5, 0.6) is 11.5 Å². The van der Waals surface area contributed by atoms with Crippen LogP contribution in [-0.2, 0) is 16.1 Å². The molecule has 5 nitrogen and oxygen atoms in total. The lowest BCUT2D eigenvalue weighted by Crippen LogP contribution is -2.36. The van der Waals surface area contributed by atoms with Gasteiger partial charge in [-0.25, -0.2) is 4.39 Å². The second-order valence-electron chi connectivity index (χ2n) is 6.43. The van der Waals surface area contributed by atoms with E-state index < -0.39 is 11.7 Å². The van der Waals surface area contributed by atoms with Gasteiger partial charge in [-0.05, 0) is 30.3 Å². The number of nitrogens with zero attached hydrogens (tertiary/aromatic N) is 1. The van der Waals surface area contributed by atoms with E-state index in [2.05, 4.69) is 5.32 Å². The average molecular weight is 392 g/mol. The highest BCUT2D eigenvalue weighted by molar-refractivity contribution is 5.95. The first-order valence-corrected chi connectivity index (χ1v) is 9.13. The Kier molecular flexibility index (Phi) is 6.58. The van der Waals surface area contributed by atoms with Crippen LogP contribution in [0.2, 0.25) is 0 Å². The highest BCUT2D eigenvalue weighted by Gasteiger charge is 2.17. The van der Waals surface area contributed by atoms with E-state index in [1.54, 1.807) is 42.5 Å². The average Bonchev–Trinajstić information content (AvgIpc) is 2.71. The Balaban J connectivity index is 1.69. The van der Waals surface area contributed by atoms with Crippen LogP contribution in [0.25, 0.3) is 0 Å². The van der Waals surface area contributed by atoms with Crippen LogP contribution in [0.1, 0.15) is 12.5 Å². The number of carbonyl (C=O) groups is 2. The molecule has 0 unspecified atom stereocenters. The minimum atomic E-state index is -0.416. The number of hydrogen-bond acceptors (Lipinski definition) is 3. The van der Waals surface area contributed by atoms with E-state index in [1.165, 1.54) is 17.9 Å². The quantitative estimate of drug-likeness (QED) is 0.639. The molecule has 0 aromatic heterocycles. The summed E-state index contributed by atoms with van der Waals surface area (Å²) in [5.74, 6) is -0.0201. The van der Waals surface area contributed by atoms with Gasteiger partial charge in [0.05, 0.1) is 5.69 Å². The van der Waals surface area contributed by atoms with Gasteiger partial charge in [0.2, 0.25) is 11.8 Å². The smallest absolute Gasteiger partial charge is 0.244 e. The van der Waals surface area contributed by atoms with Crippen molar-refractivity contribution < 1.29 is 18.7 Å².